The van der Waals surface area contributed by atoms with Crippen LogP contribution in [0.3, 0.4) is 0 Å². The number of amides is 1. The van der Waals surface area contributed by atoms with Crippen molar-refractivity contribution in [3.05, 3.63) is 30.1 Å². The molecule has 1 atom stereocenters. The van der Waals surface area contributed by atoms with Crippen molar-refractivity contribution in [2.24, 2.45) is 0 Å². The van der Waals surface area contributed by atoms with Gasteiger partial charge < -0.3 is 15.4 Å². The molecule has 2 N–H and O–H groups in total. The van der Waals surface area contributed by atoms with Crippen LogP contribution in [0.1, 0.15) is 31.4 Å². The van der Waals surface area contributed by atoms with Crippen LogP contribution in [0.2, 0.25) is 0 Å². The smallest absolute Gasteiger partial charge is 0.252 e. The molecule has 0 radical (unpaired) electrons. The predicted octanol–water partition coefficient (Wildman–Crippen LogP) is 1.03. The van der Waals surface area contributed by atoms with E-state index in [1.807, 2.05) is 19.1 Å². The summed E-state index contributed by atoms with van der Waals surface area (Å²) in [5.41, 5.74) is 0.304. The average molecular weight is 263 g/mol. The van der Waals surface area contributed by atoms with Crippen molar-refractivity contribution in [2.45, 2.75) is 31.4 Å². The van der Waals surface area contributed by atoms with Crippen molar-refractivity contribution < 1.29 is 9.53 Å². The zero-order chi connectivity index (χ0) is 13.7. The van der Waals surface area contributed by atoms with Crippen molar-refractivity contribution in [1.82, 2.24) is 15.6 Å². The van der Waals surface area contributed by atoms with E-state index in [1.165, 1.54) is 0 Å². The van der Waals surface area contributed by atoms with E-state index < -0.39 is 5.60 Å². The van der Waals surface area contributed by atoms with Gasteiger partial charge in [-0.25, -0.2) is 0 Å². The minimum absolute atomic E-state index is 0.0344. The standard InChI is InChI=1S/C14H21N3O2/c1-11(12-4-3-7-16-10-12)17-13(18)14(19-2)5-8-15-9-6-14/h3-4,7,10-11,15H,5-6,8-9H2,1-2H3,(H,17,18). The summed E-state index contributed by atoms with van der Waals surface area (Å²) in [6.07, 6.45) is 4.90. The number of pyridine rings is 1. The van der Waals surface area contributed by atoms with E-state index >= 15 is 0 Å². The number of ether oxygens (including phenoxy) is 1. The van der Waals surface area contributed by atoms with Gasteiger partial charge in [-0.15, -0.1) is 0 Å². The topological polar surface area (TPSA) is 63.2 Å². The Labute approximate surface area is 113 Å². The van der Waals surface area contributed by atoms with Crippen LogP contribution >= 0.6 is 0 Å². The van der Waals surface area contributed by atoms with Crippen LogP contribution in [0, 0.1) is 0 Å². The first-order valence-electron chi connectivity index (χ1n) is 6.65. The molecule has 0 spiro atoms. The van der Waals surface area contributed by atoms with Gasteiger partial charge >= 0.3 is 0 Å². The number of hydrogen-bond donors (Lipinski definition) is 2. The van der Waals surface area contributed by atoms with Crippen LogP contribution in [0.4, 0.5) is 0 Å². The van der Waals surface area contributed by atoms with E-state index in [2.05, 4.69) is 15.6 Å². The van der Waals surface area contributed by atoms with Gasteiger partial charge in [-0.05, 0) is 44.5 Å². The van der Waals surface area contributed by atoms with Crippen molar-refractivity contribution in [2.75, 3.05) is 20.2 Å². The Balaban J connectivity index is 2.03. The summed E-state index contributed by atoms with van der Waals surface area (Å²) in [6, 6.07) is 3.76. The zero-order valence-corrected chi connectivity index (χ0v) is 11.5. The molecule has 1 aromatic rings. The molecule has 1 aliphatic rings. The Morgan fingerprint density at radius 1 is 1.53 bits per heavy atom. The summed E-state index contributed by atoms with van der Waals surface area (Å²) in [4.78, 5) is 16.5. The third-order valence-corrected chi connectivity index (χ3v) is 3.75. The van der Waals surface area contributed by atoms with Crippen LogP contribution in [0.25, 0.3) is 0 Å². The molecule has 5 nitrogen and oxygen atoms in total. The minimum atomic E-state index is -0.693. The lowest BCUT2D eigenvalue weighted by molar-refractivity contribution is -0.147. The van der Waals surface area contributed by atoms with Crippen LogP contribution in [0.5, 0.6) is 0 Å². The summed E-state index contributed by atoms with van der Waals surface area (Å²) in [5, 5.41) is 6.27. The normalized spacial score (nSPS) is 19.7. The summed E-state index contributed by atoms with van der Waals surface area (Å²) < 4.78 is 5.51. The highest BCUT2D eigenvalue weighted by Crippen LogP contribution is 2.24. The van der Waals surface area contributed by atoms with E-state index in [-0.39, 0.29) is 11.9 Å². The Morgan fingerprint density at radius 3 is 2.84 bits per heavy atom. The Bertz CT molecular complexity index is 416. The predicted molar refractivity (Wildman–Crippen MR) is 72.6 cm³/mol. The van der Waals surface area contributed by atoms with Gasteiger partial charge in [0.1, 0.15) is 5.60 Å². The van der Waals surface area contributed by atoms with E-state index in [0.717, 1.165) is 18.7 Å². The molecule has 1 aromatic heterocycles. The third-order valence-electron chi connectivity index (χ3n) is 3.75. The number of aromatic nitrogens is 1. The fourth-order valence-corrected chi connectivity index (χ4v) is 2.40. The number of carbonyl (C=O) groups excluding carboxylic acids is 1. The highest BCUT2D eigenvalue weighted by molar-refractivity contribution is 5.85. The second-order valence-electron chi connectivity index (χ2n) is 4.93. The van der Waals surface area contributed by atoms with Gasteiger partial charge in [-0.1, -0.05) is 6.07 Å². The molecule has 5 heteroatoms. The minimum Gasteiger partial charge on any atom is -0.368 e. The van der Waals surface area contributed by atoms with Crippen LogP contribution in [0.15, 0.2) is 24.5 Å². The van der Waals surface area contributed by atoms with Gasteiger partial charge in [0.05, 0.1) is 6.04 Å². The van der Waals surface area contributed by atoms with Gasteiger partial charge in [0.25, 0.3) is 5.91 Å². The molecule has 1 aliphatic heterocycles. The van der Waals surface area contributed by atoms with Crippen molar-refractivity contribution >= 4 is 5.91 Å². The lowest BCUT2D eigenvalue weighted by Gasteiger charge is -2.35. The lowest BCUT2D eigenvalue weighted by Crippen LogP contribution is -2.54. The SMILES string of the molecule is COC1(C(=O)NC(C)c2cccnc2)CCNCC1. The molecule has 0 aliphatic carbocycles. The van der Waals surface area contributed by atoms with Crippen molar-refractivity contribution in [3.63, 3.8) is 0 Å². The highest BCUT2D eigenvalue weighted by Gasteiger charge is 2.40. The molecule has 1 unspecified atom stereocenters. The Hall–Kier alpha value is -1.46. The van der Waals surface area contributed by atoms with Gasteiger partial charge in [0.15, 0.2) is 0 Å². The number of hydrogen-bond acceptors (Lipinski definition) is 4. The number of nitrogens with zero attached hydrogens (tertiary/aromatic N) is 1. The number of methoxy groups -OCH3 is 1. The Morgan fingerprint density at radius 2 is 2.26 bits per heavy atom. The molecule has 1 fully saturated rings. The maximum Gasteiger partial charge on any atom is 0.252 e. The molecule has 0 saturated carbocycles. The maximum atomic E-state index is 12.5. The molecule has 2 rings (SSSR count). The quantitative estimate of drug-likeness (QED) is 0.851. The fraction of sp³-hybridized carbons (Fsp3) is 0.571. The average Bonchev–Trinajstić information content (AvgIpc) is 2.48. The molecule has 104 valence electrons. The fourth-order valence-electron chi connectivity index (χ4n) is 2.40. The second-order valence-corrected chi connectivity index (χ2v) is 4.93. The molecule has 2 heterocycles. The molecule has 0 aromatic carbocycles. The number of carbonyl (C=O) groups is 1. The summed E-state index contributed by atoms with van der Waals surface area (Å²) in [7, 11) is 1.61. The van der Waals surface area contributed by atoms with Crippen LogP contribution < -0.4 is 10.6 Å². The maximum absolute atomic E-state index is 12.5. The number of nitrogens with one attached hydrogen (secondary N) is 2. The Kier molecular flexibility index (Phi) is 4.50. The summed E-state index contributed by atoms with van der Waals surface area (Å²) in [6.45, 7) is 3.57. The molecule has 0 bridgehead atoms. The first-order chi connectivity index (χ1) is 9.18. The van der Waals surface area contributed by atoms with Gasteiger partial charge in [0.2, 0.25) is 0 Å². The monoisotopic (exact) mass is 263 g/mol. The first-order valence-corrected chi connectivity index (χ1v) is 6.65. The van der Waals surface area contributed by atoms with Gasteiger partial charge in [-0.2, -0.15) is 0 Å². The van der Waals surface area contributed by atoms with E-state index in [9.17, 15) is 4.79 Å². The molecule has 19 heavy (non-hydrogen) atoms. The van der Waals surface area contributed by atoms with E-state index in [1.54, 1.807) is 19.5 Å². The second kappa shape index (κ2) is 6.12. The molecule has 1 saturated heterocycles. The summed E-state index contributed by atoms with van der Waals surface area (Å²) in [5.74, 6) is -0.0344. The van der Waals surface area contributed by atoms with E-state index in [4.69, 9.17) is 4.74 Å². The lowest BCUT2D eigenvalue weighted by atomic mass is 9.90. The van der Waals surface area contributed by atoms with E-state index in [0.29, 0.717) is 12.8 Å². The molecule has 1 amide bonds. The highest BCUT2D eigenvalue weighted by atomic mass is 16.5. The van der Waals surface area contributed by atoms with Gasteiger partial charge in [0, 0.05) is 19.5 Å². The first kappa shape index (κ1) is 14.0. The summed E-state index contributed by atoms with van der Waals surface area (Å²) >= 11 is 0. The third kappa shape index (κ3) is 3.11. The molecular weight excluding hydrogens is 242 g/mol. The van der Waals surface area contributed by atoms with Gasteiger partial charge in [-0.3, -0.25) is 9.78 Å². The largest absolute Gasteiger partial charge is 0.368 e. The van der Waals surface area contributed by atoms with Crippen molar-refractivity contribution in [3.8, 4) is 0 Å². The zero-order valence-electron chi connectivity index (χ0n) is 11.5. The van der Waals surface area contributed by atoms with Crippen molar-refractivity contribution in [1.29, 1.82) is 0 Å². The van der Waals surface area contributed by atoms with Crippen LogP contribution in [-0.2, 0) is 9.53 Å². The van der Waals surface area contributed by atoms with Crippen LogP contribution in [-0.4, -0.2) is 36.7 Å². The molecular formula is C14H21N3O2. The number of piperidine rings is 1. The number of rotatable bonds is 4.